The zero-order valence-corrected chi connectivity index (χ0v) is 12.1. The highest BCUT2D eigenvalue weighted by molar-refractivity contribution is 5.85. The summed E-state index contributed by atoms with van der Waals surface area (Å²) in [4.78, 5) is 12.8. The van der Waals surface area contributed by atoms with Gasteiger partial charge in [-0.3, -0.25) is 4.84 Å². The molecular formula is C11H19Cl2N3O2. The van der Waals surface area contributed by atoms with Crippen molar-refractivity contribution in [3.05, 3.63) is 23.8 Å². The molecule has 0 spiro atoms. The van der Waals surface area contributed by atoms with Crippen LogP contribution in [0, 0.1) is 0 Å². The number of fused-ring (bicyclic) bond motifs is 1. The van der Waals surface area contributed by atoms with Crippen molar-refractivity contribution in [1.82, 2.24) is 5.23 Å². The molecule has 0 unspecified atom stereocenters. The number of hydrogen-bond acceptors (Lipinski definition) is 5. The number of hydroxylamine groups is 2. The third-order valence-corrected chi connectivity index (χ3v) is 2.41. The molecule has 0 amide bonds. The fourth-order valence-corrected chi connectivity index (χ4v) is 1.56. The maximum Gasteiger partial charge on any atom is 0.155 e. The van der Waals surface area contributed by atoms with Crippen LogP contribution in [-0.4, -0.2) is 32.5 Å². The molecule has 2 rings (SSSR count). The summed E-state index contributed by atoms with van der Waals surface area (Å²) in [6.07, 6.45) is 0. The Morgan fingerprint density at radius 1 is 1.39 bits per heavy atom. The maximum atomic E-state index is 5.48. The molecule has 7 heteroatoms. The summed E-state index contributed by atoms with van der Waals surface area (Å²) in [5.74, 6) is 0.850. The number of nitrogens with two attached hydrogens (primary N) is 1. The van der Waals surface area contributed by atoms with Gasteiger partial charge in [0.25, 0.3) is 0 Å². The average molecular weight is 296 g/mol. The summed E-state index contributed by atoms with van der Waals surface area (Å²) in [6, 6.07) is 6.07. The van der Waals surface area contributed by atoms with Crippen molar-refractivity contribution in [2.45, 2.75) is 6.54 Å². The lowest BCUT2D eigenvalue weighted by molar-refractivity contribution is -0.310. The average Bonchev–Trinajstić information content (AvgIpc) is 2.67. The van der Waals surface area contributed by atoms with Gasteiger partial charge >= 0.3 is 0 Å². The largest absolute Gasteiger partial charge is 0.380 e. The Hall–Kier alpha value is -0.720. The molecule has 0 saturated carbocycles. The molecule has 104 valence electrons. The molecule has 0 fully saturated rings. The van der Waals surface area contributed by atoms with E-state index in [0.29, 0.717) is 19.7 Å². The second kappa shape index (κ2) is 7.66. The van der Waals surface area contributed by atoms with E-state index in [1.54, 1.807) is 0 Å². The molecule has 2 N–H and O–H groups in total. The molecule has 0 aromatic heterocycles. The van der Waals surface area contributed by atoms with Crippen LogP contribution in [0.1, 0.15) is 5.56 Å². The Balaban J connectivity index is 0.00000144. The van der Waals surface area contributed by atoms with E-state index in [-0.39, 0.29) is 24.8 Å². The second-order valence-electron chi connectivity index (χ2n) is 3.89. The summed E-state index contributed by atoms with van der Waals surface area (Å²) < 4.78 is 0. The molecule has 1 aliphatic heterocycles. The van der Waals surface area contributed by atoms with Crippen LogP contribution in [-0.2, 0) is 11.4 Å². The Kier molecular flexibility index (Phi) is 7.35. The highest BCUT2D eigenvalue weighted by Crippen LogP contribution is 2.31. The van der Waals surface area contributed by atoms with Gasteiger partial charge in [0, 0.05) is 31.9 Å². The lowest BCUT2D eigenvalue weighted by Gasteiger charge is -2.12. The van der Waals surface area contributed by atoms with E-state index in [2.05, 4.69) is 11.0 Å². The lowest BCUT2D eigenvalue weighted by Crippen LogP contribution is -2.25. The quantitative estimate of drug-likeness (QED) is 0.914. The van der Waals surface area contributed by atoms with E-state index in [1.165, 1.54) is 5.23 Å². The summed E-state index contributed by atoms with van der Waals surface area (Å²) >= 11 is 0. The van der Waals surface area contributed by atoms with E-state index < -0.39 is 0 Å². The minimum absolute atomic E-state index is 0. The van der Waals surface area contributed by atoms with Crippen molar-refractivity contribution >= 4 is 30.5 Å². The number of nitrogens with zero attached hydrogens (tertiary/aromatic N) is 2. The molecule has 1 aromatic rings. The summed E-state index contributed by atoms with van der Waals surface area (Å²) in [5.41, 5.74) is 7.65. The molecule has 5 nitrogen and oxygen atoms in total. The van der Waals surface area contributed by atoms with Crippen molar-refractivity contribution in [2.24, 2.45) is 5.73 Å². The van der Waals surface area contributed by atoms with Crippen LogP contribution in [0.15, 0.2) is 18.2 Å². The van der Waals surface area contributed by atoms with E-state index >= 15 is 0 Å². The highest BCUT2D eigenvalue weighted by atomic mass is 35.5. The lowest BCUT2D eigenvalue weighted by atomic mass is 10.2. The van der Waals surface area contributed by atoms with Crippen molar-refractivity contribution in [3.63, 3.8) is 0 Å². The van der Waals surface area contributed by atoms with Gasteiger partial charge in [0.2, 0.25) is 0 Å². The molecule has 1 aliphatic rings. The number of hydrogen-bond donors (Lipinski definition) is 1. The second-order valence-corrected chi connectivity index (χ2v) is 3.89. The van der Waals surface area contributed by atoms with Gasteiger partial charge in [-0.15, -0.1) is 24.8 Å². The van der Waals surface area contributed by atoms with Gasteiger partial charge in [-0.2, -0.15) is 0 Å². The Morgan fingerprint density at radius 2 is 2.11 bits per heavy atom. The van der Waals surface area contributed by atoms with Crippen molar-refractivity contribution in [3.8, 4) is 5.75 Å². The smallest absolute Gasteiger partial charge is 0.155 e. The van der Waals surface area contributed by atoms with Gasteiger partial charge in [0.1, 0.15) is 0 Å². The number of benzene rings is 1. The van der Waals surface area contributed by atoms with Crippen molar-refractivity contribution in [1.29, 1.82) is 0 Å². The van der Waals surface area contributed by atoms with Crippen LogP contribution >= 0.6 is 24.8 Å². The van der Waals surface area contributed by atoms with Gasteiger partial charge in [-0.1, -0.05) is 0 Å². The van der Waals surface area contributed by atoms with Gasteiger partial charge < -0.3 is 15.5 Å². The van der Waals surface area contributed by atoms with Crippen LogP contribution in [0.25, 0.3) is 0 Å². The third-order valence-electron chi connectivity index (χ3n) is 2.41. The minimum atomic E-state index is 0. The monoisotopic (exact) mass is 295 g/mol. The topological polar surface area (TPSA) is 51.0 Å². The van der Waals surface area contributed by atoms with Crippen LogP contribution in [0.5, 0.6) is 5.75 Å². The van der Waals surface area contributed by atoms with E-state index in [4.69, 9.17) is 15.4 Å². The van der Waals surface area contributed by atoms with E-state index in [0.717, 1.165) is 17.0 Å². The fraction of sp³-hybridized carbons (Fsp3) is 0.455. The SMILES string of the molecule is CN(C)c1ccc2c(c1)CN(OCCN)O2.Cl.Cl. The standard InChI is InChI=1S/C11H17N3O2.2ClH/c1-13(2)10-3-4-11-9(7-10)8-14(16-11)15-6-5-12;;/h3-4,7H,5-6,8,12H2,1-2H3;2*1H. The van der Waals surface area contributed by atoms with Gasteiger partial charge in [0.15, 0.2) is 5.75 Å². The molecular weight excluding hydrogens is 277 g/mol. The minimum Gasteiger partial charge on any atom is -0.380 e. The third kappa shape index (κ3) is 3.90. The van der Waals surface area contributed by atoms with Gasteiger partial charge in [0.05, 0.1) is 13.2 Å². The predicted molar refractivity (Wildman–Crippen MR) is 76.4 cm³/mol. The molecule has 0 aliphatic carbocycles. The van der Waals surface area contributed by atoms with Gasteiger partial charge in [-0.25, -0.2) is 0 Å². The van der Waals surface area contributed by atoms with E-state index in [9.17, 15) is 0 Å². The molecule has 1 aromatic carbocycles. The van der Waals surface area contributed by atoms with Crippen molar-refractivity contribution in [2.75, 3.05) is 32.1 Å². The zero-order chi connectivity index (χ0) is 11.5. The summed E-state index contributed by atoms with van der Waals surface area (Å²) in [7, 11) is 4.03. The first-order valence-corrected chi connectivity index (χ1v) is 5.29. The Labute approximate surface area is 120 Å². The van der Waals surface area contributed by atoms with Gasteiger partial charge in [-0.05, 0) is 23.4 Å². The van der Waals surface area contributed by atoms with Crippen LogP contribution in [0.4, 0.5) is 5.69 Å². The molecule has 1 heterocycles. The first-order chi connectivity index (χ1) is 7.70. The highest BCUT2D eigenvalue weighted by Gasteiger charge is 2.21. The van der Waals surface area contributed by atoms with E-state index in [1.807, 2.05) is 26.2 Å². The molecule has 0 atom stereocenters. The Bertz CT molecular complexity index is 377. The molecule has 0 bridgehead atoms. The first kappa shape index (κ1) is 17.3. The fourth-order valence-electron chi connectivity index (χ4n) is 1.56. The summed E-state index contributed by atoms with van der Waals surface area (Å²) in [6.45, 7) is 1.59. The molecule has 0 saturated heterocycles. The van der Waals surface area contributed by atoms with Crippen LogP contribution in [0.3, 0.4) is 0 Å². The van der Waals surface area contributed by atoms with Crippen LogP contribution in [0.2, 0.25) is 0 Å². The first-order valence-electron chi connectivity index (χ1n) is 5.29. The normalized spacial score (nSPS) is 13.1. The summed E-state index contributed by atoms with van der Waals surface area (Å²) in [5, 5.41) is 1.47. The zero-order valence-electron chi connectivity index (χ0n) is 10.5. The van der Waals surface area contributed by atoms with Crippen LogP contribution < -0.4 is 15.5 Å². The maximum absolute atomic E-state index is 5.48. The Morgan fingerprint density at radius 3 is 2.72 bits per heavy atom. The number of anilines is 1. The number of halogens is 2. The predicted octanol–water partition coefficient (Wildman–Crippen LogP) is 1.60. The number of rotatable bonds is 4. The molecule has 0 radical (unpaired) electrons. The van der Waals surface area contributed by atoms with Crippen molar-refractivity contribution < 1.29 is 9.68 Å². The molecule has 18 heavy (non-hydrogen) atoms.